The Morgan fingerprint density at radius 3 is 2.66 bits per heavy atom. The van der Waals surface area contributed by atoms with Crippen LogP contribution in [0.4, 0.5) is 11.6 Å². The number of anilines is 2. The van der Waals surface area contributed by atoms with Crippen LogP contribution in [-0.2, 0) is 6.54 Å². The number of carbonyl (C=O) groups is 1. The highest BCUT2D eigenvalue weighted by Gasteiger charge is 2.17. The van der Waals surface area contributed by atoms with Gasteiger partial charge < -0.3 is 20.9 Å². The van der Waals surface area contributed by atoms with Gasteiger partial charge in [0, 0.05) is 32.4 Å². The van der Waals surface area contributed by atoms with Gasteiger partial charge in [0.25, 0.3) is 5.91 Å². The number of imidazole rings is 1. The van der Waals surface area contributed by atoms with Gasteiger partial charge in [0.05, 0.1) is 17.6 Å². The molecule has 2 heterocycles. The molecule has 4 N–H and O–H groups in total. The summed E-state index contributed by atoms with van der Waals surface area (Å²) in [6, 6.07) is 18.2. The number of hydrogen-bond donors (Lipinski definition) is 3. The number of nitriles is 1. The molecule has 2 aromatic heterocycles. The highest BCUT2D eigenvalue weighted by atomic mass is 16.2. The van der Waals surface area contributed by atoms with Crippen LogP contribution >= 0.6 is 0 Å². The summed E-state index contributed by atoms with van der Waals surface area (Å²) >= 11 is 0. The molecule has 0 saturated carbocycles. The van der Waals surface area contributed by atoms with E-state index >= 15 is 0 Å². The van der Waals surface area contributed by atoms with Gasteiger partial charge in [0.1, 0.15) is 11.8 Å². The van der Waals surface area contributed by atoms with Crippen molar-refractivity contribution in [1.82, 2.24) is 19.7 Å². The molecule has 0 saturated heterocycles. The Balaban J connectivity index is 1.57. The van der Waals surface area contributed by atoms with E-state index in [-0.39, 0.29) is 17.3 Å². The van der Waals surface area contributed by atoms with Gasteiger partial charge in [-0.2, -0.15) is 10.4 Å². The van der Waals surface area contributed by atoms with Gasteiger partial charge >= 0.3 is 0 Å². The lowest BCUT2D eigenvalue weighted by atomic mass is 10.1. The molecule has 32 heavy (non-hydrogen) atoms. The van der Waals surface area contributed by atoms with Crippen molar-refractivity contribution in [3.05, 3.63) is 77.7 Å². The maximum atomic E-state index is 13.0. The van der Waals surface area contributed by atoms with Gasteiger partial charge in [-0.25, -0.2) is 9.67 Å². The van der Waals surface area contributed by atoms with E-state index in [0.717, 1.165) is 22.8 Å². The number of aromatic nitrogens is 4. The van der Waals surface area contributed by atoms with Crippen LogP contribution in [0.2, 0.25) is 0 Å². The molecule has 2 aromatic carbocycles. The number of nitrogens with zero attached hydrogens (tertiary/aromatic N) is 5. The van der Waals surface area contributed by atoms with Crippen molar-refractivity contribution in [2.45, 2.75) is 6.54 Å². The lowest BCUT2D eigenvalue weighted by Gasteiger charge is -2.10. The Morgan fingerprint density at radius 2 is 2.00 bits per heavy atom. The Labute approximate surface area is 185 Å². The number of amides is 1. The number of H-pyrrole nitrogens is 1. The summed E-state index contributed by atoms with van der Waals surface area (Å²) < 4.78 is 1.45. The average Bonchev–Trinajstić information content (AvgIpc) is 3.47. The number of nitrogens with one attached hydrogen (secondary N) is 2. The van der Waals surface area contributed by atoms with Crippen molar-refractivity contribution in [2.24, 2.45) is 5.73 Å². The first kappa shape index (κ1) is 20.8. The second-order valence-electron chi connectivity index (χ2n) is 7.36. The average molecular weight is 426 g/mol. The Kier molecular flexibility index (Phi) is 5.70. The molecule has 9 heteroatoms. The van der Waals surface area contributed by atoms with Crippen LogP contribution in [0.1, 0.15) is 21.7 Å². The third-order valence-electron chi connectivity index (χ3n) is 4.89. The SMILES string of the molecule is CN(C)c1ncc(-c2ccc(NC(=O)c3cc(C#N)nn3-c3cccc(CN)c3)cc2)[nH]1. The van der Waals surface area contributed by atoms with E-state index in [4.69, 9.17) is 5.73 Å². The zero-order chi connectivity index (χ0) is 22.7. The zero-order valence-corrected chi connectivity index (χ0v) is 17.7. The Bertz CT molecular complexity index is 1290. The highest BCUT2D eigenvalue weighted by molar-refractivity contribution is 6.03. The first-order valence-electron chi connectivity index (χ1n) is 9.92. The topological polar surface area (TPSA) is 129 Å². The van der Waals surface area contributed by atoms with Gasteiger partial charge in [0.2, 0.25) is 5.95 Å². The lowest BCUT2D eigenvalue weighted by Crippen LogP contribution is -2.17. The van der Waals surface area contributed by atoms with Crippen LogP contribution in [-0.4, -0.2) is 39.8 Å². The fourth-order valence-corrected chi connectivity index (χ4v) is 3.22. The van der Waals surface area contributed by atoms with E-state index in [1.165, 1.54) is 10.7 Å². The van der Waals surface area contributed by atoms with Crippen LogP contribution in [0.25, 0.3) is 16.9 Å². The summed E-state index contributed by atoms with van der Waals surface area (Å²) in [4.78, 5) is 22.4. The van der Waals surface area contributed by atoms with Gasteiger partial charge in [-0.15, -0.1) is 0 Å². The molecule has 0 radical (unpaired) electrons. The number of hydrogen-bond acceptors (Lipinski definition) is 6. The summed E-state index contributed by atoms with van der Waals surface area (Å²) in [7, 11) is 3.83. The van der Waals surface area contributed by atoms with Gasteiger partial charge in [-0.3, -0.25) is 4.79 Å². The first-order chi connectivity index (χ1) is 15.5. The van der Waals surface area contributed by atoms with Crippen LogP contribution < -0.4 is 16.0 Å². The number of aromatic amines is 1. The predicted molar refractivity (Wildman–Crippen MR) is 122 cm³/mol. The summed E-state index contributed by atoms with van der Waals surface area (Å²) in [6.07, 6.45) is 1.76. The Hall–Kier alpha value is -4.42. The van der Waals surface area contributed by atoms with E-state index in [9.17, 15) is 10.1 Å². The molecule has 4 aromatic rings. The van der Waals surface area contributed by atoms with Crippen LogP contribution in [0.15, 0.2) is 60.8 Å². The molecule has 9 nitrogen and oxygen atoms in total. The second-order valence-corrected chi connectivity index (χ2v) is 7.36. The summed E-state index contributed by atoms with van der Waals surface area (Å²) in [5.41, 5.74) is 10.1. The molecule has 0 fully saturated rings. The fraction of sp³-hybridized carbons (Fsp3) is 0.130. The van der Waals surface area contributed by atoms with E-state index in [1.54, 1.807) is 6.20 Å². The number of nitrogens with two attached hydrogens (primary N) is 1. The molecule has 4 rings (SSSR count). The minimum Gasteiger partial charge on any atom is -0.349 e. The number of carbonyl (C=O) groups excluding carboxylic acids is 1. The van der Waals surface area contributed by atoms with Gasteiger partial charge in [-0.05, 0) is 35.4 Å². The molecular formula is C23H22N8O. The maximum absolute atomic E-state index is 13.0. The van der Waals surface area contributed by atoms with Crippen molar-refractivity contribution >= 4 is 17.5 Å². The molecule has 0 aliphatic carbocycles. The zero-order valence-electron chi connectivity index (χ0n) is 17.7. The standard InChI is InChI=1S/C23H22N8O/c1-30(2)23-26-14-20(28-23)16-6-8-17(9-7-16)27-22(32)21-11-18(13-25)29-31(21)19-5-3-4-15(10-19)12-24/h3-11,14H,12,24H2,1-2H3,(H,26,28)(H,27,32). The normalized spacial score (nSPS) is 10.6. The third-order valence-corrected chi connectivity index (χ3v) is 4.89. The molecule has 160 valence electrons. The molecule has 0 spiro atoms. The Morgan fingerprint density at radius 1 is 1.22 bits per heavy atom. The molecule has 0 aliphatic rings. The maximum Gasteiger partial charge on any atom is 0.274 e. The molecular weight excluding hydrogens is 404 g/mol. The number of benzene rings is 2. The monoisotopic (exact) mass is 426 g/mol. The van der Waals surface area contributed by atoms with Crippen LogP contribution in [0.5, 0.6) is 0 Å². The summed E-state index contributed by atoms with van der Waals surface area (Å²) in [5, 5.41) is 16.4. The lowest BCUT2D eigenvalue weighted by molar-refractivity contribution is 0.101. The van der Waals surface area contributed by atoms with E-state index in [2.05, 4.69) is 20.4 Å². The smallest absolute Gasteiger partial charge is 0.274 e. The highest BCUT2D eigenvalue weighted by Crippen LogP contribution is 2.22. The first-order valence-corrected chi connectivity index (χ1v) is 9.92. The molecule has 1 amide bonds. The predicted octanol–water partition coefficient (Wildman–Crippen LogP) is 2.91. The fourth-order valence-electron chi connectivity index (χ4n) is 3.22. The van der Waals surface area contributed by atoms with Crippen molar-refractivity contribution in [2.75, 3.05) is 24.3 Å². The second kappa shape index (κ2) is 8.75. The molecule has 0 atom stereocenters. The van der Waals surface area contributed by atoms with E-state index in [0.29, 0.717) is 17.9 Å². The summed E-state index contributed by atoms with van der Waals surface area (Å²) in [5.74, 6) is 0.388. The molecule has 0 unspecified atom stereocenters. The van der Waals surface area contributed by atoms with Crippen LogP contribution in [0.3, 0.4) is 0 Å². The van der Waals surface area contributed by atoms with Crippen LogP contribution in [0, 0.1) is 11.3 Å². The quantitative estimate of drug-likeness (QED) is 0.435. The van der Waals surface area contributed by atoms with Crippen molar-refractivity contribution in [1.29, 1.82) is 5.26 Å². The van der Waals surface area contributed by atoms with E-state index in [1.807, 2.05) is 73.6 Å². The van der Waals surface area contributed by atoms with Crippen molar-refractivity contribution in [3.63, 3.8) is 0 Å². The van der Waals surface area contributed by atoms with E-state index < -0.39 is 0 Å². The van der Waals surface area contributed by atoms with Crippen molar-refractivity contribution in [3.8, 4) is 23.0 Å². The third kappa shape index (κ3) is 4.21. The minimum atomic E-state index is -0.374. The molecule has 0 bridgehead atoms. The number of rotatable bonds is 6. The van der Waals surface area contributed by atoms with Crippen molar-refractivity contribution < 1.29 is 4.79 Å². The summed E-state index contributed by atoms with van der Waals surface area (Å²) in [6.45, 7) is 0.362. The molecule has 0 aliphatic heterocycles. The van der Waals surface area contributed by atoms with Gasteiger partial charge in [0.15, 0.2) is 5.69 Å². The largest absolute Gasteiger partial charge is 0.349 e. The van der Waals surface area contributed by atoms with Gasteiger partial charge in [-0.1, -0.05) is 24.3 Å². The minimum absolute atomic E-state index is 0.152.